The second-order valence-corrected chi connectivity index (χ2v) is 11.5. The van der Waals surface area contributed by atoms with Crippen molar-refractivity contribution < 1.29 is 19.0 Å². The standard InChI is InChI=1S/C32H28IN3O5S/c1-5-14-41-29-24(33)15-20(16-25(29)40-4)17-26-31(38)36-28(21-10-9-13-23(18-21)39-3)27(19(2)34-32(36)42-26)30(37)35-22-11-7-6-8-12-22/h5-13,15-18,28H,1,14H2,2-4H3,(H,35,37)/b26-17-/t28-/m0/s1. The van der Waals surface area contributed by atoms with E-state index in [-0.39, 0.29) is 11.5 Å². The number of carbonyl (C=O) groups is 1. The molecule has 0 radical (unpaired) electrons. The van der Waals surface area contributed by atoms with E-state index in [0.717, 1.165) is 14.7 Å². The lowest BCUT2D eigenvalue weighted by molar-refractivity contribution is -0.113. The first-order chi connectivity index (χ1) is 20.3. The van der Waals surface area contributed by atoms with E-state index in [1.54, 1.807) is 37.9 Å². The van der Waals surface area contributed by atoms with Gasteiger partial charge >= 0.3 is 0 Å². The molecule has 2 heterocycles. The number of carbonyl (C=O) groups excluding carboxylic acids is 1. The third-order valence-electron chi connectivity index (χ3n) is 6.60. The van der Waals surface area contributed by atoms with Crippen molar-refractivity contribution in [2.75, 3.05) is 26.1 Å². The van der Waals surface area contributed by atoms with Gasteiger partial charge in [0.15, 0.2) is 16.3 Å². The van der Waals surface area contributed by atoms with Gasteiger partial charge in [-0.1, -0.05) is 54.3 Å². The molecule has 10 heteroatoms. The van der Waals surface area contributed by atoms with E-state index in [2.05, 4.69) is 34.5 Å². The molecule has 0 saturated carbocycles. The number of hydrogen-bond acceptors (Lipinski definition) is 7. The lowest BCUT2D eigenvalue weighted by atomic mass is 9.95. The van der Waals surface area contributed by atoms with Gasteiger partial charge in [-0.25, -0.2) is 4.99 Å². The van der Waals surface area contributed by atoms with Gasteiger partial charge in [-0.05, 0) is 83.1 Å². The Morgan fingerprint density at radius 2 is 1.90 bits per heavy atom. The molecule has 0 unspecified atom stereocenters. The first-order valence-corrected chi connectivity index (χ1v) is 14.9. The molecule has 5 rings (SSSR count). The second-order valence-electron chi connectivity index (χ2n) is 9.31. The zero-order valence-electron chi connectivity index (χ0n) is 23.2. The number of hydrogen-bond donors (Lipinski definition) is 1. The second kappa shape index (κ2) is 12.8. The fourth-order valence-corrected chi connectivity index (χ4v) is 6.54. The molecule has 214 valence electrons. The summed E-state index contributed by atoms with van der Waals surface area (Å²) in [6.45, 7) is 5.83. The Kier molecular flexibility index (Phi) is 8.93. The van der Waals surface area contributed by atoms with Gasteiger partial charge in [0.1, 0.15) is 12.4 Å². The predicted octanol–water partition coefficient (Wildman–Crippen LogP) is 5.06. The maximum Gasteiger partial charge on any atom is 0.271 e. The number of aromatic nitrogens is 1. The Morgan fingerprint density at radius 3 is 2.62 bits per heavy atom. The molecule has 1 amide bonds. The Labute approximate surface area is 260 Å². The molecule has 3 aromatic carbocycles. The van der Waals surface area contributed by atoms with Crippen molar-refractivity contribution in [2.45, 2.75) is 13.0 Å². The van der Waals surface area contributed by atoms with Crippen LogP contribution in [0.15, 0.2) is 100 Å². The molecular weight excluding hydrogens is 665 g/mol. The van der Waals surface area contributed by atoms with Crippen LogP contribution < -0.4 is 34.4 Å². The molecule has 1 aliphatic heterocycles. The van der Waals surface area contributed by atoms with Crippen molar-refractivity contribution in [3.05, 3.63) is 125 Å². The summed E-state index contributed by atoms with van der Waals surface area (Å²) in [5.74, 6) is 1.44. The van der Waals surface area contributed by atoms with Crippen molar-refractivity contribution in [1.29, 1.82) is 0 Å². The Balaban J connectivity index is 1.66. The first-order valence-electron chi connectivity index (χ1n) is 13.0. The predicted molar refractivity (Wildman–Crippen MR) is 173 cm³/mol. The van der Waals surface area contributed by atoms with Gasteiger partial charge in [-0.3, -0.25) is 14.2 Å². The lowest BCUT2D eigenvalue weighted by Crippen LogP contribution is -2.40. The molecule has 42 heavy (non-hydrogen) atoms. The number of allylic oxidation sites excluding steroid dienone is 1. The van der Waals surface area contributed by atoms with Crippen molar-refractivity contribution >= 4 is 51.6 Å². The molecule has 0 fully saturated rings. The quantitative estimate of drug-likeness (QED) is 0.196. The monoisotopic (exact) mass is 693 g/mol. The summed E-state index contributed by atoms with van der Waals surface area (Å²) in [6.07, 6.45) is 3.47. The number of methoxy groups -OCH3 is 2. The Bertz CT molecular complexity index is 1880. The van der Waals surface area contributed by atoms with Gasteiger partial charge in [0.2, 0.25) is 0 Å². The van der Waals surface area contributed by atoms with E-state index >= 15 is 0 Å². The number of nitrogens with one attached hydrogen (secondary N) is 1. The van der Waals surface area contributed by atoms with Crippen LogP contribution in [0.3, 0.4) is 0 Å². The van der Waals surface area contributed by atoms with Gasteiger partial charge in [-0.15, -0.1) is 0 Å². The average molecular weight is 694 g/mol. The van der Waals surface area contributed by atoms with Gasteiger partial charge in [0.05, 0.1) is 39.6 Å². The molecule has 1 aliphatic rings. The number of anilines is 1. The number of para-hydroxylation sites is 1. The summed E-state index contributed by atoms with van der Waals surface area (Å²) in [4.78, 5) is 33.0. The SMILES string of the molecule is C=CCOc1c(I)cc(/C=c2\sc3n(c2=O)[C@@H](c2cccc(OC)c2)C(C(=O)Nc2ccccc2)=C(C)N=3)cc1OC. The van der Waals surface area contributed by atoms with Crippen molar-refractivity contribution in [3.8, 4) is 17.2 Å². The molecule has 1 aromatic heterocycles. The zero-order valence-corrected chi connectivity index (χ0v) is 26.2. The number of fused-ring (bicyclic) bond motifs is 1. The minimum absolute atomic E-state index is 0.259. The van der Waals surface area contributed by atoms with Crippen LogP contribution >= 0.6 is 33.9 Å². The molecule has 4 aromatic rings. The number of benzene rings is 3. The summed E-state index contributed by atoms with van der Waals surface area (Å²) in [6, 6.07) is 19.6. The minimum atomic E-state index is -0.716. The van der Waals surface area contributed by atoms with E-state index in [1.165, 1.54) is 11.3 Å². The normalized spacial score (nSPS) is 14.6. The van der Waals surface area contributed by atoms with Crippen LogP contribution in [0, 0.1) is 3.57 Å². The number of amides is 1. The number of halogens is 1. The number of ether oxygens (including phenoxy) is 3. The fraction of sp³-hybridized carbons (Fsp3) is 0.156. The highest BCUT2D eigenvalue weighted by Gasteiger charge is 2.32. The third kappa shape index (κ3) is 5.90. The summed E-state index contributed by atoms with van der Waals surface area (Å²) in [5.41, 5.74) is 2.80. The highest BCUT2D eigenvalue weighted by molar-refractivity contribution is 14.1. The topological polar surface area (TPSA) is 91.2 Å². The van der Waals surface area contributed by atoms with Crippen LogP contribution in [0.4, 0.5) is 5.69 Å². The van der Waals surface area contributed by atoms with E-state index < -0.39 is 6.04 Å². The number of thiazole rings is 1. The third-order valence-corrected chi connectivity index (χ3v) is 8.39. The maximum atomic E-state index is 14.1. The molecule has 0 spiro atoms. The van der Waals surface area contributed by atoms with Gasteiger partial charge in [0, 0.05) is 5.69 Å². The fourth-order valence-electron chi connectivity index (χ4n) is 4.72. The van der Waals surface area contributed by atoms with Crippen molar-refractivity contribution in [1.82, 2.24) is 4.57 Å². The molecule has 8 nitrogen and oxygen atoms in total. The highest BCUT2D eigenvalue weighted by Crippen LogP contribution is 2.35. The molecular formula is C32H28IN3O5S. The first kappa shape index (κ1) is 29.3. The van der Waals surface area contributed by atoms with Crippen LogP contribution in [0.25, 0.3) is 6.08 Å². The molecule has 0 aliphatic carbocycles. The van der Waals surface area contributed by atoms with Crippen LogP contribution in [-0.2, 0) is 4.79 Å². The Hall–Kier alpha value is -4.16. The summed E-state index contributed by atoms with van der Waals surface area (Å²) in [5, 5.41) is 2.97. The summed E-state index contributed by atoms with van der Waals surface area (Å²) < 4.78 is 19.7. The van der Waals surface area contributed by atoms with Crippen LogP contribution in [-0.4, -0.2) is 31.3 Å². The van der Waals surface area contributed by atoms with E-state index in [1.807, 2.05) is 66.7 Å². The smallest absolute Gasteiger partial charge is 0.271 e. The van der Waals surface area contributed by atoms with Gasteiger partial charge < -0.3 is 19.5 Å². The number of nitrogens with zero attached hydrogens (tertiary/aromatic N) is 2. The van der Waals surface area contributed by atoms with E-state index in [0.29, 0.717) is 50.1 Å². The van der Waals surface area contributed by atoms with Gasteiger partial charge in [0.25, 0.3) is 11.5 Å². The van der Waals surface area contributed by atoms with Crippen molar-refractivity contribution in [3.63, 3.8) is 0 Å². The van der Waals surface area contributed by atoms with E-state index in [4.69, 9.17) is 19.2 Å². The van der Waals surface area contributed by atoms with Crippen LogP contribution in [0.5, 0.6) is 17.2 Å². The molecule has 0 bridgehead atoms. The summed E-state index contributed by atoms with van der Waals surface area (Å²) >= 11 is 3.45. The van der Waals surface area contributed by atoms with Crippen LogP contribution in [0.2, 0.25) is 0 Å². The largest absolute Gasteiger partial charge is 0.497 e. The Morgan fingerprint density at radius 1 is 1.12 bits per heavy atom. The average Bonchev–Trinajstić information content (AvgIpc) is 3.29. The highest BCUT2D eigenvalue weighted by atomic mass is 127. The number of rotatable bonds is 9. The molecule has 1 atom stereocenters. The summed E-state index contributed by atoms with van der Waals surface area (Å²) in [7, 11) is 3.15. The van der Waals surface area contributed by atoms with Gasteiger partial charge in [-0.2, -0.15) is 0 Å². The minimum Gasteiger partial charge on any atom is -0.497 e. The molecule has 0 saturated heterocycles. The lowest BCUT2D eigenvalue weighted by Gasteiger charge is -2.25. The maximum absolute atomic E-state index is 14.1. The van der Waals surface area contributed by atoms with E-state index in [9.17, 15) is 9.59 Å². The molecule has 1 N–H and O–H groups in total. The van der Waals surface area contributed by atoms with Crippen LogP contribution in [0.1, 0.15) is 24.1 Å². The zero-order chi connectivity index (χ0) is 29.8. The van der Waals surface area contributed by atoms with Crippen molar-refractivity contribution in [2.24, 2.45) is 4.99 Å².